The lowest BCUT2D eigenvalue weighted by Gasteiger charge is -2.10. The Morgan fingerprint density at radius 1 is 1.44 bits per heavy atom. The van der Waals surface area contributed by atoms with E-state index in [-0.39, 0.29) is 11.8 Å². The smallest absolute Gasteiger partial charge is 0.307 e. The summed E-state index contributed by atoms with van der Waals surface area (Å²) in [5.41, 5.74) is 2.64. The van der Waals surface area contributed by atoms with Crippen molar-refractivity contribution < 1.29 is 14.3 Å². The van der Waals surface area contributed by atoms with Gasteiger partial charge in [0, 0.05) is 5.92 Å². The molecular formula is C14H15NO3. The first-order valence-electron chi connectivity index (χ1n) is 6.25. The molecule has 1 aromatic carbocycles. The highest BCUT2D eigenvalue weighted by Crippen LogP contribution is 2.40. The molecule has 18 heavy (non-hydrogen) atoms. The zero-order valence-electron chi connectivity index (χ0n) is 10.2. The molecule has 2 unspecified atom stereocenters. The van der Waals surface area contributed by atoms with E-state index in [1.54, 1.807) is 0 Å². The highest BCUT2D eigenvalue weighted by atomic mass is 16.4. The van der Waals surface area contributed by atoms with Crippen molar-refractivity contribution in [3.05, 3.63) is 29.7 Å². The maximum atomic E-state index is 11.2. The highest BCUT2D eigenvalue weighted by molar-refractivity contribution is 5.76. The van der Waals surface area contributed by atoms with Crippen molar-refractivity contribution in [2.75, 3.05) is 0 Å². The molecule has 0 saturated heterocycles. The number of hydrogen-bond donors (Lipinski definition) is 1. The topological polar surface area (TPSA) is 63.3 Å². The van der Waals surface area contributed by atoms with Crippen LogP contribution in [-0.4, -0.2) is 16.1 Å². The molecule has 4 nitrogen and oxygen atoms in total. The number of oxazole rings is 1. The predicted molar refractivity (Wildman–Crippen MR) is 66.5 cm³/mol. The number of carboxylic acid groups (broad SMARTS) is 1. The van der Waals surface area contributed by atoms with Crippen molar-refractivity contribution in [2.24, 2.45) is 5.92 Å². The van der Waals surface area contributed by atoms with E-state index < -0.39 is 5.97 Å². The number of hydrogen-bond acceptors (Lipinski definition) is 3. The summed E-state index contributed by atoms with van der Waals surface area (Å²) in [6.07, 6.45) is 2.50. The number of aryl methyl sites for hydroxylation is 1. The molecule has 0 radical (unpaired) electrons. The maximum Gasteiger partial charge on any atom is 0.307 e. The second-order valence-corrected chi connectivity index (χ2v) is 4.96. The van der Waals surface area contributed by atoms with Crippen LogP contribution in [0.2, 0.25) is 0 Å². The van der Waals surface area contributed by atoms with Crippen LogP contribution in [0, 0.1) is 12.8 Å². The molecule has 1 N–H and O–H groups in total. The lowest BCUT2D eigenvalue weighted by molar-refractivity contribution is -0.142. The second kappa shape index (κ2) is 4.12. The average Bonchev–Trinajstić information content (AvgIpc) is 2.95. The molecule has 1 fully saturated rings. The van der Waals surface area contributed by atoms with Gasteiger partial charge >= 0.3 is 5.97 Å². The molecule has 2 atom stereocenters. The number of benzene rings is 1. The normalized spacial score (nSPS) is 23.6. The monoisotopic (exact) mass is 245 g/mol. The van der Waals surface area contributed by atoms with Crippen LogP contribution in [-0.2, 0) is 4.79 Å². The van der Waals surface area contributed by atoms with Crippen molar-refractivity contribution in [1.82, 2.24) is 4.98 Å². The molecule has 2 aromatic rings. The third-order valence-corrected chi connectivity index (χ3v) is 3.78. The van der Waals surface area contributed by atoms with E-state index in [1.165, 1.54) is 0 Å². The number of aliphatic carboxylic acids is 1. The minimum atomic E-state index is -0.739. The van der Waals surface area contributed by atoms with Gasteiger partial charge in [0.1, 0.15) is 5.52 Å². The minimum Gasteiger partial charge on any atom is -0.481 e. The Labute approximate surface area is 105 Å². The summed E-state index contributed by atoms with van der Waals surface area (Å²) in [5.74, 6) is -0.576. The lowest BCUT2D eigenvalue weighted by Crippen LogP contribution is -2.16. The van der Waals surface area contributed by atoms with Crippen molar-refractivity contribution in [2.45, 2.75) is 32.1 Å². The quantitative estimate of drug-likeness (QED) is 0.883. The Morgan fingerprint density at radius 2 is 2.28 bits per heavy atom. The fourth-order valence-corrected chi connectivity index (χ4v) is 2.81. The van der Waals surface area contributed by atoms with Crippen LogP contribution in [0.4, 0.5) is 0 Å². The first kappa shape index (κ1) is 11.3. The molecule has 0 aliphatic heterocycles. The second-order valence-electron chi connectivity index (χ2n) is 4.96. The van der Waals surface area contributed by atoms with E-state index >= 15 is 0 Å². The molecule has 4 heteroatoms. The molecule has 1 aromatic heterocycles. The van der Waals surface area contributed by atoms with Crippen LogP contribution < -0.4 is 0 Å². The Kier molecular flexibility index (Phi) is 2.58. The van der Waals surface area contributed by atoms with Gasteiger partial charge in [0.2, 0.25) is 0 Å². The number of aromatic nitrogens is 1. The summed E-state index contributed by atoms with van der Waals surface area (Å²) in [6.45, 7) is 1.97. The van der Waals surface area contributed by atoms with E-state index in [1.807, 2.05) is 25.1 Å². The Bertz CT molecular complexity index is 602. The van der Waals surface area contributed by atoms with E-state index in [0.29, 0.717) is 5.89 Å². The van der Waals surface area contributed by atoms with Crippen molar-refractivity contribution in [1.29, 1.82) is 0 Å². The largest absolute Gasteiger partial charge is 0.481 e. The number of para-hydroxylation sites is 1. The van der Waals surface area contributed by atoms with Gasteiger partial charge in [-0.25, -0.2) is 4.98 Å². The summed E-state index contributed by atoms with van der Waals surface area (Å²) in [5, 5.41) is 9.20. The van der Waals surface area contributed by atoms with Gasteiger partial charge in [0.15, 0.2) is 11.5 Å². The summed E-state index contributed by atoms with van der Waals surface area (Å²) >= 11 is 0. The van der Waals surface area contributed by atoms with Gasteiger partial charge in [-0.2, -0.15) is 0 Å². The Balaban J connectivity index is 2.04. The molecule has 1 aliphatic rings. The molecular weight excluding hydrogens is 230 g/mol. The van der Waals surface area contributed by atoms with Gasteiger partial charge in [-0.15, -0.1) is 0 Å². The first-order valence-corrected chi connectivity index (χ1v) is 6.25. The molecule has 1 heterocycles. The van der Waals surface area contributed by atoms with Gasteiger partial charge in [-0.3, -0.25) is 4.79 Å². The van der Waals surface area contributed by atoms with E-state index in [4.69, 9.17) is 4.42 Å². The minimum absolute atomic E-state index is 0.0747. The van der Waals surface area contributed by atoms with Crippen LogP contribution in [0.5, 0.6) is 0 Å². The fourth-order valence-electron chi connectivity index (χ4n) is 2.81. The number of carboxylic acids is 1. The lowest BCUT2D eigenvalue weighted by atomic mass is 9.96. The average molecular weight is 245 g/mol. The third-order valence-electron chi connectivity index (χ3n) is 3.78. The molecule has 0 spiro atoms. The van der Waals surface area contributed by atoms with Crippen LogP contribution in [0.3, 0.4) is 0 Å². The highest BCUT2D eigenvalue weighted by Gasteiger charge is 2.37. The van der Waals surface area contributed by atoms with Crippen LogP contribution in [0.25, 0.3) is 11.1 Å². The zero-order valence-corrected chi connectivity index (χ0v) is 10.2. The van der Waals surface area contributed by atoms with Gasteiger partial charge in [0.05, 0.1) is 5.92 Å². The maximum absolute atomic E-state index is 11.2. The third kappa shape index (κ3) is 1.68. The number of carbonyl (C=O) groups is 1. The summed E-state index contributed by atoms with van der Waals surface area (Å²) < 4.78 is 5.79. The standard InChI is InChI=1S/C14H15NO3/c1-8-4-2-7-11-12(8)18-13(15-11)9-5-3-6-10(9)14(16)17/h2,4,7,9-10H,3,5-6H2,1H3,(H,16,17). The van der Waals surface area contributed by atoms with Gasteiger partial charge in [0.25, 0.3) is 0 Å². The van der Waals surface area contributed by atoms with Crippen LogP contribution in [0.1, 0.15) is 36.6 Å². The summed E-state index contributed by atoms with van der Waals surface area (Å²) in [4.78, 5) is 15.7. The molecule has 1 aliphatic carbocycles. The SMILES string of the molecule is Cc1cccc2nc(C3CCCC3C(=O)O)oc12. The molecule has 0 amide bonds. The molecule has 94 valence electrons. The van der Waals surface area contributed by atoms with E-state index in [0.717, 1.165) is 35.9 Å². The van der Waals surface area contributed by atoms with Crippen LogP contribution in [0.15, 0.2) is 22.6 Å². The fraction of sp³-hybridized carbons (Fsp3) is 0.429. The molecule has 3 rings (SSSR count). The van der Waals surface area contributed by atoms with Gasteiger partial charge < -0.3 is 9.52 Å². The first-order chi connectivity index (χ1) is 8.66. The predicted octanol–water partition coefficient (Wildman–Crippen LogP) is 3.10. The number of fused-ring (bicyclic) bond motifs is 1. The van der Waals surface area contributed by atoms with Gasteiger partial charge in [-0.05, 0) is 31.4 Å². The van der Waals surface area contributed by atoms with Crippen LogP contribution >= 0.6 is 0 Å². The Morgan fingerprint density at radius 3 is 3.00 bits per heavy atom. The van der Waals surface area contributed by atoms with Gasteiger partial charge in [-0.1, -0.05) is 18.6 Å². The van der Waals surface area contributed by atoms with Crippen molar-refractivity contribution in [3.63, 3.8) is 0 Å². The van der Waals surface area contributed by atoms with Crippen molar-refractivity contribution in [3.8, 4) is 0 Å². The zero-order chi connectivity index (χ0) is 12.7. The molecule has 0 bridgehead atoms. The summed E-state index contributed by atoms with van der Waals surface area (Å²) in [7, 11) is 0. The van der Waals surface area contributed by atoms with Crippen molar-refractivity contribution >= 4 is 17.1 Å². The molecule has 1 saturated carbocycles. The van der Waals surface area contributed by atoms with E-state index in [2.05, 4.69) is 4.98 Å². The number of nitrogens with zero attached hydrogens (tertiary/aromatic N) is 1. The van der Waals surface area contributed by atoms with E-state index in [9.17, 15) is 9.90 Å². The summed E-state index contributed by atoms with van der Waals surface area (Å²) in [6, 6.07) is 5.81. The number of rotatable bonds is 2. The Hall–Kier alpha value is -1.84.